The van der Waals surface area contributed by atoms with Crippen LogP contribution in [0.25, 0.3) is 11.4 Å². The van der Waals surface area contributed by atoms with Crippen LogP contribution in [0, 0.1) is 19.8 Å². The van der Waals surface area contributed by atoms with Gasteiger partial charge in [-0.3, -0.25) is 4.79 Å². The summed E-state index contributed by atoms with van der Waals surface area (Å²) in [5, 5.41) is 24.7. The fourth-order valence-electron chi connectivity index (χ4n) is 3.14. The summed E-state index contributed by atoms with van der Waals surface area (Å²) in [6, 6.07) is 11.9. The fourth-order valence-corrected chi connectivity index (χ4v) is 3.14. The number of rotatable bonds is 6. The Hall–Kier alpha value is -3.55. The van der Waals surface area contributed by atoms with Gasteiger partial charge in [0.25, 0.3) is 5.91 Å². The molecule has 1 unspecified atom stereocenters. The van der Waals surface area contributed by atoms with Gasteiger partial charge in [-0.05, 0) is 42.2 Å². The smallest absolute Gasteiger partial charge is 0.336 e. The van der Waals surface area contributed by atoms with Crippen LogP contribution in [0.2, 0.25) is 0 Å². The van der Waals surface area contributed by atoms with Crippen LogP contribution in [0.5, 0.6) is 0 Å². The molecule has 1 heterocycles. The molecule has 0 aliphatic carbocycles. The van der Waals surface area contributed by atoms with Crippen LogP contribution >= 0.6 is 0 Å². The molecule has 8 heteroatoms. The number of hydrogen-bond donors (Lipinski definition) is 2. The second kappa shape index (κ2) is 8.22. The predicted molar refractivity (Wildman–Crippen MR) is 109 cm³/mol. The normalized spacial score (nSPS) is 12.0. The van der Waals surface area contributed by atoms with E-state index in [1.807, 2.05) is 51.1 Å². The number of aromatic nitrogens is 4. The van der Waals surface area contributed by atoms with Gasteiger partial charge in [0.15, 0.2) is 6.04 Å². The lowest BCUT2D eigenvalue weighted by Crippen LogP contribution is -2.32. The lowest BCUT2D eigenvalue weighted by atomic mass is 10.0. The van der Waals surface area contributed by atoms with Crippen molar-refractivity contribution >= 4 is 17.6 Å². The number of carboxylic acid groups (broad SMARTS) is 1. The molecular weight excluding hydrogens is 370 g/mol. The summed E-state index contributed by atoms with van der Waals surface area (Å²) in [5.41, 5.74) is 2.82. The molecule has 0 aliphatic rings. The second-order valence-electron chi connectivity index (χ2n) is 7.26. The summed E-state index contributed by atoms with van der Waals surface area (Å²) in [6.07, 6.45) is 0. The van der Waals surface area contributed by atoms with E-state index in [2.05, 4.69) is 20.7 Å². The Labute approximate surface area is 168 Å². The number of nitrogens with one attached hydrogen (secondary N) is 1. The van der Waals surface area contributed by atoms with Gasteiger partial charge in [0.05, 0.1) is 5.56 Å². The second-order valence-corrected chi connectivity index (χ2v) is 7.26. The van der Waals surface area contributed by atoms with Crippen LogP contribution in [-0.4, -0.2) is 37.2 Å². The van der Waals surface area contributed by atoms with Crippen LogP contribution in [0.1, 0.15) is 41.4 Å². The molecule has 0 fully saturated rings. The van der Waals surface area contributed by atoms with Crippen molar-refractivity contribution in [2.24, 2.45) is 5.92 Å². The summed E-state index contributed by atoms with van der Waals surface area (Å²) in [7, 11) is 0. The zero-order chi connectivity index (χ0) is 21.1. The average Bonchev–Trinajstić information content (AvgIpc) is 3.13. The molecule has 0 saturated heterocycles. The number of carboxylic acids is 1. The van der Waals surface area contributed by atoms with E-state index in [0.717, 1.165) is 11.1 Å². The maximum Gasteiger partial charge on any atom is 0.336 e. The highest BCUT2D eigenvalue weighted by Crippen LogP contribution is 2.24. The van der Waals surface area contributed by atoms with E-state index < -0.39 is 12.0 Å². The third-order valence-electron chi connectivity index (χ3n) is 4.67. The molecular formula is C21H23N5O3. The largest absolute Gasteiger partial charge is 0.478 e. The average molecular weight is 393 g/mol. The molecule has 3 aromatic rings. The van der Waals surface area contributed by atoms with Gasteiger partial charge >= 0.3 is 5.97 Å². The van der Waals surface area contributed by atoms with E-state index in [9.17, 15) is 14.7 Å². The first kappa shape index (κ1) is 20.2. The summed E-state index contributed by atoms with van der Waals surface area (Å²) < 4.78 is 0. The number of hydrogen-bond acceptors (Lipinski definition) is 5. The Bertz CT molecular complexity index is 1040. The number of tetrazole rings is 1. The van der Waals surface area contributed by atoms with Crippen molar-refractivity contribution in [3.8, 4) is 11.4 Å². The maximum atomic E-state index is 13.0. The molecule has 150 valence electrons. The summed E-state index contributed by atoms with van der Waals surface area (Å²) in [4.78, 5) is 25.8. The van der Waals surface area contributed by atoms with Gasteiger partial charge in [0.1, 0.15) is 0 Å². The third kappa shape index (κ3) is 4.31. The van der Waals surface area contributed by atoms with Crippen molar-refractivity contribution in [1.29, 1.82) is 0 Å². The third-order valence-corrected chi connectivity index (χ3v) is 4.67. The number of amides is 1. The quantitative estimate of drug-likeness (QED) is 0.663. The predicted octanol–water partition coefficient (Wildman–Crippen LogP) is 3.49. The fraction of sp³-hybridized carbons (Fsp3) is 0.286. The number of aryl methyl sites for hydroxylation is 2. The molecule has 0 radical (unpaired) electrons. The monoisotopic (exact) mass is 393 g/mol. The van der Waals surface area contributed by atoms with Crippen LogP contribution in [0.3, 0.4) is 0 Å². The number of anilines is 1. The van der Waals surface area contributed by atoms with E-state index in [4.69, 9.17) is 0 Å². The Morgan fingerprint density at radius 3 is 2.38 bits per heavy atom. The molecule has 0 spiro atoms. The van der Waals surface area contributed by atoms with E-state index >= 15 is 0 Å². The number of carbonyl (C=O) groups is 2. The molecule has 1 aromatic heterocycles. The van der Waals surface area contributed by atoms with Crippen LogP contribution in [-0.2, 0) is 4.79 Å². The van der Waals surface area contributed by atoms with E-state index in [-0.39, 0.29) is 17.4 Å². The highest BCUT2D eigenvalue weighted by molar-refractivity contribution is 5.97. The Balaban J connectivity index is 1.89. The first-order chi connectivity index (χ1) is 13.8. The van der Waals surface area contributed by atoms with Gasteiger partial charge in [-0.15, -0.1) is 10.2 Å². The van der Waals surface area contributed by atoms with Crippen molar-refractivity contribution in [1.82, 2.24) is 20.2 Å². The Morgan fingerprint density at radius 1 is 1.07 bits per heavy atom. The minimum atomic E-state index is -1.04. The minimum absolute atomic E-state index is 0.113. The molecule has 3 rings (SSSR count). The summed E-state index contributed by atoms with van der Waals surface area (Å²) >= 11 is 0. The maximum absolute atomic E-state index is 13.0. The zero-order valence-electron chi connectivity index (χ0n) is 16.7. The molecule has 8 nitrogen and oxygen atoms in total. The summed E-state index contributed by atoms with van der Waals surface area (Å²) in [5.74, 6) is -1.05. The molecule has 1 amide bonds. The van der Waals surface area contributed by atoms with Gasteiger partial charge in [0, 0.05) is 11.3 Å². The molecule has 2 aromatic carbocycles. The zero-order valence-corrected chi connectivity index (χ0v) is 16.7. The molecule has 0 saturated carbocycles. The molecule has 29 heavy (non-hydrogen) atoms. The number of nitrogens with zero attached hydrogens (tertiary/aromatic N) is 4. The Kier molecular flexibility index (Phi) is 5.72. The van der Waals surface area contributed by atoms with Crippen LogP contribution in [0.4, 0.5) is 5.69 Å². The van der Waals surface area contributed by atoms with Crippen molar-refractivity contribution in [2.45, 2.75) is 33.7 Å². The van der Waals surface area contributed by atoms with E-state index in [1.165, 1.54) is 10.9 Å². The van der Waals surface area contributed by atoms with Gasteiger partial charge < -0.3 is 10.4 Å². The van der Waals surface area contributed by atoms with Gasteiger partial charge in [-0.1, -0.05) is 50.2 Å². The van der Waals surface area contributed by atoms with Gasteiger partial charge in [0.2, 0.25) is 5.82 Å². The standard InChI is InChI=1S/C21H23N5O3/c1-12(2)18(26-24-19(23-25-26)15-8-6-5-7-9-15)20(27)22-17-11-16(21(28)29)13(3)10-14(17)4/h5-12,18H,1-4H3,(H,22,27)(H,28,29). The van der Waals surface area contributed by atoms with Crippen molar-refractivity contribution in [2.75, 3.05) is 5.32 Å². The highest BCUT2D eigenvalue weighted by atomic mass is 16.4. The Morgan fingerprint density at radius 2 is 1.76 bits per heavy atom. The van der Waals surface area contributed by atoms with Crippen LogP contribution < -0.4 is 5.32 Å². The molecule has 0 aliphatic heterocycles. The van der Waals surface area contributed by atoms with Crippen LogP contribution in [0.15, 0.2) is 42.5 Å². The number of aromatic carboxylic acids is 1. The van der Waals surface area contributed by atoms with Gasteiger partial charge in [-0.2, -0.15) is 4.80 Å². The van der Waals surface area contributed by atoms with E-state index in [0.29, 0.717) is 17.1 Å². The van der Waals surface area contributed by atoms with Crippen molar-refractivity contribution < 1.29 is 14.7 Å². The number of carbonyl (C=O) groups excluding carboxylic acids is 1. The topological polar surface area (TPSA) is 110 Å². The first-order valence-corrected chi connectivity index (χ1v) is 9.28. The SMILES string of the molecule is Cc1cc(C)c(C(=O)O)cc1NC(=O)C(C(C)C)n1nnc(-c2ccccc2)n1. The van der Waals surface area contributed by atoms with Gasteiger partial charge in [-0.25, -0.2) is 4.79 Å². The minimum Gasteiger partial charge on any atom is -0.478 e. The lowest BCUT2D eigenvalue weighted by molar-refractivity contribution is -0.121. The lowest BCUT2D eigenvalue weighted by Gasteiger charge is -2.20. The molecule has 2 N–H and O–H groups in total. The van der Waals surface area contributed by atoms with Crippen molar-refractivity contribution in [3.05, 3.63) is 59.2 Å². The van der Waals surface area contributed by atoms with Crippen molar-refractivity contribution in [3.63, 3.8) is 0 Å². The summed E-state index contributed by atoms with van der Waals surface area (Å²) in [6.45, 7) is 7.32. The number of benzene rings is 2. The van der Waals surface area contributed by atoms with E-state index in [1.54, 1.807) is 13.0 Å². The molecule has 0 bridgehead atoms. The highest BCUT2D eigenvalue weighted by Gasteiger charge is 2.28. The molecule has 1 atom stereocenters. The first-order valence-electron chi connectivity index (χ1n) is 9.28.